The lowest BCUT2D eigenvalue weighted by Crippen LogP contribution is -2.34. The maximum Gasteiger partial charge on any atom is 0.227 e. The number of methoxy groups -OCH3 is 1. The number of carbonyl (C=O) groups is 1. The lowest BCUT2D eigenvalue weighted by atomic mass is 10.1. The van der Waals surface area contributed by atoms with Crippen LogP contribution in [0.15, 0.2) is 18.2 Å². The van der Waals surface area contributed by atoms with Crippen LogP contribution in [0.4, 0.5) is 0 Å². The SMILES string of the molecule is COc1cc(CC(=O)N2CCC(C)(O)C2)ccc1C. The average molecular weight is 263 g/mol. The molecule has 19 heavy (non-hydrogen) atoms. The zero-order chi connectivity index (χ0) is 14.0. The molecule has 1 aromatic carbocycles. The molecule has 0 bridgehead atoms. The summed E-state index contributed by atoms with van der Waals surface area (Å²) in [5.74, 6) is 0.863. The minimum Gasteiger partial charge on any atom is -0.496 e. The molecule has 0 spiro atoms. The highest BCUT2D eigenvalue weighted by Crippen LogP contribution is 2.23. The van der Waals surface area contributed by atoms with Crippen LogP contribution in [0.5, 0.6) is 5.75 Å². The van der Waals surface area contributed by atoms with Crippen molar-refractivity contribution < 1.29 is 14.6 Å². The monoisotopic (exact) mass is 263 g/mol. The second kappa shape index (κ2) is 5.21. The highest BCUT2D eigenvalue weighted by molar-refractivity contribution is 5.79. The van der Waals surface area contributed by atoms with Crippen molar-refractivity contribution in [2.45, 2.75) is 32.3 Å². The van der Waals surface area contributed by atoms with Crippen LogP contribution in [0.3, 0.4) is 0 Å². The molecule has 0 aromatic heterocycles. The molecule has 1 aliphatic heterocycles. The normalized spacial score (nSPS) is 22.6. The van der Waals surface area contributed by atoms with Gasteiger partial charge in [0.2, 0.25) is 5.91 Å². The van der Waals surface area contributed by atoms with Gasteiger partial charge in [0, 0.05) is 13.1 Å². The van der Waals surface area contributed by atoms with Crippen LogP contribution < -0.4 is 4.74 Å². The Hall–Kier alpha value is -1.55. The molecular formula is C15H21NO3. The number of β-amino-alcohol motifs (C(OH)–C–C–N with tert-alkyl or cyclic N) is 1. The van der Waals surface area contributed by atoms with Crippen molar-refractivity contribution in [3.05, 3.63) is 29.3 Å². The Balaban J connectivity index is 2.03. The summed E-state index contributed by atoms with van der Waals surface area (Å²) in [6.07, 6.45) is 1.00. The van der Waals surface area contributed by atoms with Gasteiger partial charge in [0.1, 0.15) is 5.75 Å². The molecule has 1 heterocycles. The van der Waals surface area contributed by atoms with Gasteiger partial charge in [-0.05, 0) is 37.5 Å². The molecule has 0 saturated carbocycles. The molecule has 1 saturated heterocycles. The highest BCUT2D eigenvalue weighted by atomic mass is 16.5. The smallest absolute Gasteiger partial charge is 0.227 e. The number of likely N-dealkylation sites (tertiary alicyclic amines) is 1. The van der Waals surface area contributed by atoms with E-state index in [1.807, 2.05) is 25.1 Å². The molecule has 1 aliphatic rings. The van der Waals surface area contributed by atoms with Crippen LogP contribution in [0, 0.1) is 6.92 Å². The summed E-state index contributed by atoms with van der Waals surface area (Å²) in [4.78, 5) is 13.9. The average Bonchev–Trinajstić information content (AvgIpc) is 2.72. The van der Waals surface area contributed by atoms with E-state index in [0.717, 1.165) is 16.9 Å². The van der Waals surface area contributed by atoms with Crippen molar-refractivity contribution in [1.82, 2.24) is 4.90 Å². The van der Waals surface area contributed by atoms with E-state index in [9.17, 15) is 9.90 Å². The first-order chi connectivity index (χ1) is 8.91. The Morgan fingerprint density at radius 2 is 2.26 bits per heavy atom. The van der Waals surface area contributed by atoms with E-state index in [2.05, 4.69) is 0 Å². The molecule has 4 nitrogen and oxygen atoms in total. The second-order valence-corrected chi connectivity index (χ2v) is 5.54. The Morgan fingerprint density at radius 3 is 2.84 bits per heavy atom. The van der Waals surface area contributed by atoms with Crippen molar-refractivity contribution in [2.75, 3.05) is 20.2 Å². The molecule has 4 heteroatoms. The largest absolute Gasteiger partial charge is 0.496 e. The zero-order valence-electron chi connectivity index (χ0n) is 11.8. The van der Waals surface area contributed by atoms with Crippen molar-refractivity contribution >= 4 is 5.91 Å². The molecule has 1 unspecified atom stereocenters. The van der Waals surface area contributed by atoms with E-state index in [0.29, 0.717) is 25.9 Å². The number of benzene rings is 1. The third-order valence-corrected chi connectivity index (χ3v) is 3.63. The molecule has 1 N–H and O–H groups in total. The molecule has 1 atom stereocenters. The fourth-order valence-electron chi connectivity index (χ4n) is 2.42. The number of carbonyl (C=O) groups excluding carboxylic acids is 1. The maximum absolute atomic E-state index is 12.2. The number of aryl methyl sites for hydroxylation is 1. The summed E-state index contributed by atoms with van der Waals surface area (Å²) in [5, 5.41) is 9.88. The van der Waals surface area contributed by atoms with Crippen LogP contribution >= 0.6 is 0 Å². The molecule has 2 rings (SSSR count). The molecule has 1 aromatic rings. The molecular weight excluding hydrogens is 242 g/mol. The first-order valence-corrected chi connectivity index (χ1v) is 6.55. The Bertz CT molecular complexity index is 482. The fourth-order valence-corrected chi connectivity index (χ4v) is 2.42. The molecule has 1 amide bonds. The highest BCUT2D eigenvalue weighted by Gasteiger charge is 2.33. The Morgan fingerprint density at radius 1 is 1.53 bits per heavy atom. The lowest BCUT2D eigenvalue weighted by molar-refractivity contribution is -0.130. The predicted octanol–water partition coefficient (Wildman–Crippen LogP) is 1.53. The minimum atomic E-state index is -0.735. The van der Waals surface area contributed by atoms with Crippen molar-refractivity contribution in [3.8, 4) is 5.75 Å². The Kier molecular flexibility index (Phi) is 3.80. The third-order valence-electron chi connectivity index (χ3n) is 3.63. The van der Waals surface area contributed by atoms with Crippen LogP contribution in [-0.4, -0.2) is 41.7 Å². The van der Waals surface area contributed by atoms with Crippen molar-refractivity contribution in [2.24, 2.45) is 0 Å². The quantitative estimate of drug-likeness (QED) is 0.899. The van der Waals surface area contributed by atoms with Gasteiger partial charge in [-0.2, -0.15) is 0 Å². The number of aliphatic hydroxyl groups is 1. The maximum atomic E-state index is 12.2. The van der Waals surface area contributed by atoms with Gasteiger partial charge in [-0.25, -0.2) is 0 Å². The minimum absolute atomic E-state index is 0.0590. The van der Waals surface area contributed by atoms with Gasteiger partial charge in [0.25, 0.3) is 0 Å². The number of ether oxygens (including phenoxy) is 1. The van der Waals surface area contributed by atoms with Gasteiger partial charge in [0.15, 0.2) is 0 Å². The van der Waals surface area contributed by atoms with E-state index in [-0.39, 0.29) is 5.91 Å². The first kappa shape index (κ1) is 13.9. The van der Waals surface area contributed by atoms with E-state index in [1.165, 1.54) is 0 Å². The van der Waals surface area contributed by atoms with Gasteiger partial charge in [-0.15, -0.1) is 0 Å². The third kappa shape index (κ3) is 3.26. The van der Waals surface area contributed by atoms with E-state index < -0.39 is 5.60 Å². The zero-order valence-corrected chi connectivity index (χ0v) is 11.8. The topological polar surface area (TPSA) is 49.8 Å². The standard InChI is InChI=1S/C15H21NO3/c1-11-4-5-12(8-13(11)19-3)9-14(17)16-7-6-15(2,18)10-16/h4-5,8,18H,6-7,9-10H2,1-3H3. The predicted molar refractivity (Wildman–Crippen MR) is 73.3 cm³/mol. The number of nitrogens with zero attached hydrogens (tertiary/aromatic N) is 1. The fraction of sp³-hybridized carbons (Fsp3) is 0.533. The van der Waals surface area contributed by atoms with E-state index >= 15 is 0 Å². The van der Waals surface area contributed by atoms with Gasteiger partial charge in [-0.1, -0.05) is 12.1 Å². The van der Waals surface area contributed by atoms with Crippen LogP contribution in [0.1, 0.15) is 24.5 Å². The van der Waals surface area contributed by atoms with Crippen LogP contribution in [-0.2, 0) is 11.2 Å². The second-order valence-electron chi connectivity index (χ2n) is 5.54. The van der Waals surface area contributed by atoms with E-state index in [4.69, 9.17) is 4.74 Å². The number of rotatable bonds is 3. The Labute approximate surface area is 114 Å². The van der Waals surface area contributed by atoms with Gasteiger partial charge in [-0.3, -0.25) is 4.79 Å². The summed E-state index contributed by atoms with van der Waals surface area (Å²) in [6.45, 7) is 4.81. The summed E-state index contributed by atoms with van der Waals surface area (Å²) in [7, 11) is 1.63. The first-order valence-electron chi connectivity index (χ1n) is 6.55. The number of hydrogen-bond donors (Lipinski definition) is 1. The summed E-state index contributed by atoms with van der Waals surface area (Å²) < 4.78 is 5.26. The number of hydrogen-bond acceptors (Lipinski definition) is 3. The molecule has 104 valence electrons. The van der Waals surface area contributed by atoms with Gasteiger partial charge < -0.3 is 14.7 Å². The van der Waals surface area contributed by atoms with Crippen LogP contribution in [0.25, 0.3) is 0 Å². The summed E-state index contributed by atoms with van der Waals surface area (Å²) >= 11 is 0. The lowest BCUT2D eigenvalue weighted by Gasteiger charge is -2.19. The van der Waals surface area contributed by atoms with Crippen molar-refractivity contribution in [3.63, 3.8) is 0 Å². The molecule has 0 radical (unpaired) electrons. The summed E-state index contributed by atoms with van der Waals surface area (Å²) in [5.41, 5.74) is 1.27. The van der Waals surface area contributed by atoms with E-state index in [1.54, 1.807) is 18.9 Å². The summed E-state index contributed by atoms with van der Waals surface area (Å²) in [6, 6.07) is 5.81. The van der Waals surface area contributed by atoms with Gasteiger partial charge >= 0.3 is 0 Å². The molecule has 1 fully saturated rings. The van der Waals surface area contributed by atoms with Gasteiger partial charge in [0.05, 0.1) is 19.1 Å². The molecule has 0 aliphatic carbocycles. The van der Waals surface area contributed by atoms with Crippen LogP contribution in [0.2, 0.25) is 0 Å². The van der Waals surface area contributed by atoms with Crippen molar-refractivity contribution in [1.29, 1.82) is 0 Å². The number of amides is 1.